The van der Waals surface area contributed by atoms with Gasteiger partial charge in [0.05, 0.1) is 11.1 Å². The Bertz CT molecular complexity index is 438. The fraction of sp³-hybridized carbons (Fsp3) is 0.333. The molecule has 1 aromatic rings. The highest BCUT2D eigenvalue weighted by Crippen LogP contribution is 2.40. The monoisotopic (exact) mass is 257 g/mol. The van der Waals surface area contributed by atoms with Crippen molar-refractivity contribution in [2.75, 3.05) is 6.79 Å². The molecule has 2 aliphatic rings. The van der Waals surface area contributed by atoms with Crippen LogP contribution >= 0.6 is 11.6 Å². The predicted octanol–water partition coefficient (Wildman–Crippen LogP) is -0.488. The number of benzene rings is 1. The number of ether oxygens (including phenoxy) is 2. The number of hydrogen-bond donors (Lipinski definition) is 5. The van der Waals surface area contributed by atoms with Crippen molar-refractivity contribution in [3.63, 3.8) is 0 Å². The van der Waals surface area contributed by atoms with E-state index in [1.54, 1.807) is 6.07 Å². The molecule has 0 radical (unpaired) electrons. The summed E-state index contributed by atoms with van der Waals surface area (Å²) in [5.74, 6) is 1.20. The summed E-state index contributed by atoms with van der Waals surface area (Å²) in [5, 5.41) is 0.504. The molecular formula is C9H12ClN5O2. The molecule has 1 fully saturated rings. The van der Waals surface area contributed by atoms with Gasteiger partial charge in [-0.3, -0.25) is 0 Å². The van der Waals surface area contributed by atoms with Gasteiger partial charge in [-0.05, 0) is 17.7 Å². The maximum absolute atomic E-state index is 6.10. The molecule has 0 amide bonds. The Morgan fingerprint density at radius 1 is 1.29 bits per heavy atom. The first kappa shape index (κ1) is 11.0. The van der Waals surface area contributed by atoms with Crippen LogP contribution in [0.25, 0.3) is 0 Å². The number of nitrogens with one attached hydrogen (secondary N) is 4. The minimum Gasteiger partial charge on any atom is -0.454 e. The third-order valence-corrected chi connectivity index (χ3v) is 2.99. The first-order valence-electron chi connectivity index (χ1n) is 5.11. The van der Waals surface area contributed by atoms with Crippen molar-refractivity contribution in [1.82, 2.24) is 21.9 Å². The zero-order valence-corrected chi connectivity index (χ0v) is 9.54. The van der Waals surface area contributed by atoms with Crippen molar-refractivity contribution in [1.29, 1.82) is 0 Å². The van der Waals surface area contributed by atoms with E-state index in [4.69, 9.17) is 26.8 Å². The van der Waals surface area contributed by atoms with Gasteiger partial charge in [-0.2, -0.15) is 11.1 Å². The summed E-state index contributed by atoms with van der Waals surface area (Å²) in [5.41, 5.74) is 18.2. The van der Waals surface area contributed by atoms with E-state index in [0.29, 0.717) is 16.5 Å². The highest BCUT2D eigenvalue weighted by atomic mass is 35.5. The van der Waals surface area contributed by atoms with Crippen LogP contribution in [0.5, 0.6) is 11.5 Å². The normalized spacial score (nSPS) is 20.8. The third kappa shape index (κ3) is 1.93. The van der Waals surface area contributed by atoms with Gasteiger partial charge in [0.25, 0.3) is 0 Å². The van der Waals surface area contributed by atoms with Gasteiger partial charge in [0.2, 0.25) is 6.79 Å². The molecule has 3 rings (SSSR count). The molecule has 6 N–H and O–H groups in total. The lowest BCUT2D eigenvalue weighted by atomic mass is 10.0. The van der Waals surface area contributed by atoms with E-state index in [1.165, 1.54) is 0 Å². The smallest absolute Gasteiger partial charge is 0.231 e. The molecule has 7 nitrogen and oxygen atoms in total. The molecule has 1 aromatic carbocycles. The fourth-order valence-electron chi connectivity index (χ4n) is 1.82. The Labute approximate surface area is 102 Å². The molecule has 0 aromatic heterocycles. The van der Waals surface area contributed by atoms with E-state index in [0.717, 1.165) is 5.56 Å². The summed E-state index contributed by atoms with van der Waals surface area (Å²) < 4.78 is 10.5. The van der Waals surface area contributed by atoms with Gasteiger partial charge in [0.15, 0.2) is 11.5 Å². The van der Waals surface area contributed by atoms with Gasteiger partial charge in [0.1, 0.15) is 6.17 Å². The van der Waals surface area contributed by atoms with E-state index in [1.807, 2.05) is 6.07 Å². The summed E-state index contributed by atoms with van der Waals surface area (Å²) in [6.07, 6.45) is -0.147. The van der Waals surface area contributed by atoms with Crippen LogP contribution in [0.4, 0.5) is 0 Å². The van der Waals surface area contributed by atoms with Crippen molar-refractivity contribution >= 4 is 11.6 Å². The Balaban J connectivity index is 1.90. The number of hydrogen-bond acceptors (Lipinski definition) is 7. The highest BCUT2D eigenvalue weighted by Gasteiger charge is 2.26. The number of halogens is 1. The maximum Gasteiger partial charge on any atom is 0.231 e. The molecule has 0 aliphatic carbocycles. The van der Waals surface area contributed by atoms with Gasteiger partial charge in [-0.1, -0.05) is 11.6 Å². The lowest BCUT2D eigenvalue weighted by Crippen LogP contribution is -2.43. The van der Waals surface area contributed by atoms with E-state index < -0.39 is 0 Å². The van der Waals surface area contributed by atoms with Gasteiger partial charge < -0.3 is 15.2 Å². The molecular weight excluding hydrogens is 246 g/mol. The van der Waals surface area contributed by atoms with Crippen LogP contribution in [0, 0.1) is 0 Å². The predicted molar refractivity (Wildman–Crippen MR) is 60.8 cm³/mol. The average molecular weight is 258 g/mol. The van der Waals surface area contributed by atoms with Crippen molar-refractivity contribution in [2.24, 2.45) is 5.73 Å². The second kappa shape index (κ2) is 4.30. The van der Waals surface area contributed by atoms with Gasteiger partial charge >= 0.3 is 0 Å². The van der Waals surface area contributed by atoms with Crippen LogP contribution in [0.2, 0.25) is 5.02 Å². The first-order valence-corrected chi connectivity index (χ1v) is 5.49. The first-order chi connectivity index (χ1) is 8.25. The van der Waals surface area contributed by atoms with Crippen molar-refractivity contribution < 1.29 is 9.47 Å². The summed E-state index contributed by atoms with van der Waals surface area (Å²) in [6.45, 7) is 0.191. The van der Waals surface area contributed by atoms with Crippen LogP contribution in [0.1, 0.15) is 11.6 Å². The van der Waals surface area contributed by atoms with E-state index in [-0.39, 0.29) is 19.0 Å². The van der Waals surface area contributed by atoms with E-state index in [2.05, 4.69) is 21.9 Å². The largest absolute Gasteiger partial charge is 0.454 e. The number of hydrazine groups is 3. The van der Waals surface area contributed by atoms with Crippen LogP contribution in [-0.4, -0.2) is 13.0 Å². The van der Waals surface area contributed by atoms with E-state index in [9.17, 15) is 0 Å². The minimum absolute atomic E-state index is 0.147. The number of rotatable bonds is 2. The quantitative estimate of drug-likeness (QED) is 0.488. The van der Waals surface area contributed by atoms with Crippen LogP contribution in [0.3, 0.4) is 0 Å². The zero-order valence-electron chi connectivity index (χ0n) is 8.79. The number of fused-ring (bicyclic) bond motifs is 1. The molecule has 0 spiro atoms. The lowest BCUT2D eigenvalue weighted by molar-refractivity contribution is 0.174. The second-order valence-electron chi connectivity index (χ2n) is 3.78. The van der Waals surface area contributed by atoms with E-state index >= 15 is 0 Å². The molecule has 2 heterocycles. The second-order valence-corrected chi connectivity index (χ2v) is 4.19. The van der Waals surface area contributed by atoms with Crippen LogP contribution < -0.4 is 37.1 Å². The Kier molecular flexibility index (Phi) is 2.79. The summed E-state index contributed by atoms with van der Waals surface area (Å²) in [7, 11) is 0. The van der Waals surface area contributed by atoms with Crippen LogP contribution in [-0.2, 0) is 0 Å². The standard InChI is InChI=1S/C9H12ClN5O2/c10-5-1-4(2-6-8(5)17-3-16-6)7(11)9-12-14-15-13-9/h1-2,7,9,12-15H,3,11H2. The molecule has 1 atom stereocenters. The van der Waals surface area contributed by atoms with Gasteiger partial charge in [-0.15, -0.1) is 0 Å². The Morgan fingerprint density at radius 3 is 2.82 bits per heavy atom. The van der Waals surface area contributed by atoms with Crippen molar-refractivity contribution in [3.05, 3.63) is 22.7 Å². The maximum atomic E-state index is 6.10. The fourth-order valence-corrected chi connectivity index (χ4v) is 2.09. The van der Waals surface area contributed by atoms with Gasteiger partial charge in [-0.25, -0.2) is 10.9 Å². The molecule has 2 aliphatic heterocycles. The third-order valence-electron chi connectivity index (χ3n) is 2.71. The molecule has 0 bridgehead atoms. The minimum atomic E-state index is -0.288. The molecule has 1 unspecified atom stereocenters. The SMILES string of the molecule is NC(c1cc(Cl)c2c(c1)OCO2)C1NNNN1. The zero-order chi connectivity index (χ0) is 11.8. The lowest BCUT2D eigenvalue weighted by Gasteiger charge is -2.19. The van der Waals surface area contributed by atoms with Crippen LogP contribution in [0.15, 0.2) is 12.1 Å². The van der Waals surface area contributed by atoms with Crippen molar-refractivity contribution in [3.8, 4) is 11.5 Å². The summed E-state index contributed by atoms with van der Waals surface area (Å²) in [6, 6.07) is 3.33. The topological polar surface area (TPSA) is 92.6 Å². The molecule has 92 valence electrons. The molecule has 0 saturated carbocycles. The Hall–Kier alpha value is -1.09. The van der Waals surface area contributed by atoms with Crippen molar-refractivity contribution in [2.45, 2.75) is 12.2 Å². The molecule has 8 heteroatoms. The average Bonchev–Trinajstić information content (AvgIpc) is 2.98. The number of nitrogens with two attached hydrogens (primary N) is 1. The highest BCUT2D eigenvalue weighted by molar-refractivity contribution is 6.32. The van der Waals surface area contributed by atoms with Gasteiger partial charge in [0, 0.05) is 0 Å². The summed E-state index contributed by atoms with van der Waals surface area (Å²) in [4.78, 5) is 0. The Morgan fingerprint density at radius 2 is 2.06 bits per heavy atom. The molecule has 17 heavy (non-hydrogen) atoms. The summed E-state index contributed by atoms with van der Waals surface area (Å²) >= 11 is 6.09. The molecule has 1 saturated heterocycles.